The summed E-state index contributed by atoms with van der Waals surface area (Å²) in [5, 5.41) is 6.59. The van der Waals surface area contributed by atoms with E-state index in [9.17, 15) is 0 Å². The van der Waals surface area contributed by atoms with Crippen LogP contribution in [0.2, 0.25) is 0 Å². The average Bonchev–Trinajstić information content (AvgIpc) is 3.00. The van der Waals surface area contributed by atoms with E-state index in [4.69, 9.17) is 13.9 Å². The number of hydrogen-bond donors (Lipinski definition) is 2. The maximum Gasteiger partial charge on any atom is 0.216 e. The van der Waals surface area contributed by atoms with E-state index in [1.54, 1.807) is 14.2 Å². The Morgan fingerprint density at radius 1 is 1.14 bits per heavy atom. The van der Waals surface area contributed by atoms with Crippen LogP contribution >= 0.6 is 24.0 Å². The van der Waals surface area contributed by atoms with Crippen molar-refractivity contribution >= 4 is 29.9 Å². The molecule has 0 aliphatic heterocycles. The molecule has 0 saturated carbocycles. The first kappa shape index (κ1) is 24.1. The number of aliphatic imine (C=N–C) groups is 1. The van der Waals surface area contributed by atoms with E-state index in [-0.39, 0.29) is 24.0 Å². The molecule has 1 aromatic carbocycles. The predicted octanol–water partition coefficient (Wildman–Crippen LogP) is 3.61. The number of nitrogens with zero attached hydrogens (tertiary/aromatic N) is 2. The zero-order valence-electron chi connectivity index (χ0n) is 17.3. The van der Waals surface area contributed by atoms with Crippen LogP contribution in [0.25, 0.3) is 0 Å². The molecule has 2 aromatic rings. The van der Waals surface area contributed by atoms with Crippen molar-refractivity contribution in [1.29, 1.82) is 0 Å². The Bertz CT molecular complexity index is 742. The fourth-order valence-corrected chi connectivity index (χ4v) is 2.63. The Morgan fingerprint density at radius 2 is 1.89 bits per heavy atom. The molecule has 0 saturated heterocycles. The summed E-state index contributed by atoms with van der Waals surface area (Å²) in [5.41, 5.74) is 2.12. The van der Waals surface area contributed by atoms with Crippen molar-refractivity contribution < 1.29 is 13.9 Å². The maximum atomic E-state index is 5.57. The third-order valence-electron chi connectivity index (χ3n) is 4.17. The summed E-state index contributed by atoms with van der Waals surface area (Å²) in [6.07, 6.45) is 1.90. The molecular weight excluding hydrogens is 471 g/mol. The molecule has 0 unspecified atom stereocenters. The summed E-state index contributed by atoms with van der Waals surface area (Å²) in [5.74, 6) is 3.74. The van der Waals surface area contributed by atoms with Crippen LogP contribution in [0, 0.1) is 13.8 Å². The second-order valence-corrected chi connectivity index (χ2v) is 6.16. The van der Waals surface area contributed by atoms with Gasteiger partial charge < -0.3 is 24.5 Å². The summed E-state index contributed by atoms with van der Waals surface area (Å²) >= 11 is 0. The normalized spacial score (nSPS) is 11.0. The highest BCUT2D eigenvalue weighted by Gasteiger charge is 2.06. The van der Waals surface area contributed by atoms with Crippen molar-refractivity contribution in [3.05, 3.63) is 41.1 Å². The van der Waals surface area contributed by atoms with Crippen LogP contribution in [0.15, 0.2) is 27.6 Å². The third-order valence-corrected chi connectivity index (χ3v) is 4.17. The standard InChI is InChI=1S/C20H30N4O3.HI/c1-6-21-20(23-13-19-24-14(2)15(3)27-19)22-11-7-8-16-9-10-17(25-4)18(12-16)26-5;/h9-10,12H,6-8,11,13H2,1-5H3,(H2,21,22,23);1H. The van der Waals surface area contributed by atoms with Gasteiger partial charge in [-0.1, -0.05) is 6.07 Å². The van der Waals surface area contributed by atoms with Gasteiger partial charge in [0, 0.05) is 13.1 Å². The van der Waals surface area contributed by atoms with Gasteiger partial charge in [0.15, 0.2) is 17.5 Å². The smallest absolute Gasteiger partial charge is 0.216 e. The van der Waals surface area contributed by atoms with Crippen LogP contribution in [0.4, 0.5) is 0 Å². The summed E-state index contributed by atoms with van der Waals surface area (Å²) in [6.45, 7) is 7.91. The number of ether oxygens (including phenoxy) is 2. The van der Waals surface area contributed by atoms with Crippen LogP contribution < -0.4 is 20.1 Å². The van der Waals surface area contributed by atoms with Gasteiger partial charge >= 0.3 is 0 Å². The summed E-state index contributed by atoms with van der Waals surface area (Å²) in [7, 11) is 3.29. The first-order valence-corrected chi connectivity index (χ1v) is 9.23. The molecule has 28 heavy (non-hydrogen) atoms. The molecule has 0 atom stereocenters. The molecule has 0 fully saturated rings. The minimum Gasteiger partial charge on any atom is -0.493 e. The number of oxazole rings is 1. The third kappa shape index (κ3) is 7.21. The van der Waals surface area contributed by atoms with Crippen LogP contribution in [-0.4, -0.2) is 38.3 Å². The molecule has 156 valence electrons. The Morgan fingerprint density at radius 3 is 2.50 bits per heavy atom. The van der Waals surface area contributed by atoms with E-state index in [1.165, 1.54) is 5.56 Å². The molecule has 8 heteroatoms. The fourth-order valence-electron chi connectivity index (χ4n) is 2.63. The van der Waals surface area contributed by atoms with Crippen molar-refractivity contribution in [1.82, 2.24) is 15.6 Å². The number of halogens is 1. The maximum absolute atomic E-state index is 5.57. The van der Waals surface area contributed by atoms with Gasteiger partial charge in [0.1, 0.15) is 12.3 Å². The number of aryl methyl sites for hydroxylation is 3. The second-order valence-electron chi connectivity index (χ2n) is 6.16. The molecule has 0 spiro atoms. The summed E-state index contributed by atoms with van der Waals surface area (Å²) in [4.78, 5) is 8.89. The van der Waals surface area contributed by atoms with Crippen LogP contribution in [0.3, 0.4) is 0 Å². The van der Waals surface area contributed by atoms with Gasteiger partial charge in [-0.25, -0.2) is 9.98 Å². The molecule has 2 rings (SSSR count). The van der Waals surface area contributed by atoms with E-state index in [2.05, 4.69) is 26.7 Å². The van der Waals surface area contributed by atoms with Gasteiger partial charge in [0.2, 0.25) is 5.89 Å². The number of hydrogen-bond acceptors (Lipinski definition) is 5. The molecule has 1 heterocycles. The molecule has 0 aliphatic carbocycles. The lowest BCUT2D eigenvalue weighted by molar-refractivity contribution is 0.354. The number of aromatic nitrogens is 1. The number of rotatable bonds is 9. The van der Waals surface area contributed by atoms with E-state index in [1.807, 2.05) is 32.9 Å². The topological polar surface area (TPSA) is 80.9 Å². The van der Waals surface area contributed by atoms with E-state index in [0.29, 0.717) is 12.4 Å². The molecule has 0 aliphatic rings. The lowest BCUT2D eigenvalue weighted by Gasteiger charge is -2.12. The molecule has 0 bridgehead atoms. The summed E-state index contributed by atoms with van der Waals surface area (Å²) in [6, 6.07) is 6.02. The van der Waals surface area contributed by atoms with Crippen LogP contribution in [-0.2, 0) is 13.0 Å². The van der Waals surface area contributed by atoms with Gasteiger partial charge in [0.25, 0.3) is 0 Å². The predicted molar refractivity (Wildman–Crippen MR) is 122 cm³/mol. The van der Waals surface area contributed by atoms with Crippen molar-refractivity contribution in [2.75, 3.05) is 27.3 Å². The van der Waals surface area contributed by atoms with Crippen molar-refractivity contribution in [2.45, 2.75) is 40.2 Å². The molecular formula is C20H31IN4O3. The molecule has 2 N–H and O–H groups in total. The lowest BCUT2D eigenvalue weighted by Crippen LogP contribution is -2.37. The number of nitrogens with one attached hydrogen (secondary N) is 2. The monoisotopic (exact) mass is 502 g/mol. The fraction of sp³-hybridized carbons (Fsp3) is 0.500. The van der Waals surface area contributed by atoms with Crippen molar-refractivity contribution in [3.8, 4) is 11.5 Å². The number of guanidine groups is 1. The molecule has 7 nitrogen and oxygen atoms in total. The van der Waals surface area contributed by atoms with Gasteiger partial charge in [-0.05, 0) is 51.3 Å². The van der Waals surface area contributed by atoms with E-state index >= 15 is 0 Å². The Balaban J connectivity index is 0.00000392. The Kier molecular flexibility index (Phi) is 10.7. The van der Waals surface area contributed by atoms with Crippen molar-refractivity contribution in [2.24, 2.45) is 4.99 Å². The Hall–Kier alpha value is -1.97. The van der Waals surface area contributed by atoms with Crippen LogP contribution in [0.1, 0.15) is 36.3 Å². The van der Waals surface area contributed by atoms with Gasteiger partial charge in [-0.15, -0.1) is 24.0 Å². The lowest BCUT2D eigenvalue weighted by atomic mass is 10.1. The highest BCUT2D eigenvalue weighted by atomic mass is 127. The second kappa shape index (κ2) is 12.5. The highest BCUT2D eigenvalue weighted by Crippen LogP contribution is 2.27. The van der Waals surface area contributed by atoms with Crippen molar-refractivity contribution in [3.63, 3.8) is 0 Å². The minimum absolute atomic E-state index is 0. The quantitative estimate of drug-likeness (QED) is 0.236. The van der Waals surface area contributed by atoms with Gasteiger partial charge in [-0.2, -0.15) is 0 Å². The zero-order chi connectivity index (χ0) is 19.6. The SMILES string of the molecule is CCNC(=NCc1nc(C)c(C)o1)NCCCc1ccc(OC)c(OC)c1.I. The van der Waals surface area contributed by atoms with E-state index in [0.717, 1.165) is 54.8 Å². The largest absolute Gasteiger partial charge is 0.493 e. The molecule has 0 radical (unpaired) electrons. The number of methoxy groups -OCH3 is 2. The van der Waals surface area contributed by atoms with Gasteiger partial charge in [-0.3, -0.25) is 0 Å². The highest BCUT2D eigenvalue weighted by molar-refractivity contribution is 14.0. The first-order chi connectivity index (χ1) is 13.1. The Labute approximate surface area is 184 Å². The minimum atomic E-state index is 0. The van der Waals surface area contributed by atoms with E-state index < -0.39 is 0 Å². The molecule has 0 amide bonds. The summed E-state index contributed by atoms with van der Waals surface area (Å²) < 4.78 is 16.2. The first-order valence-electron chi connectivity index (χ1n) is 9.23. The van der Waals surface area contributed by atoms with Gasteiger partial charge in [0.05, 0.1) is 19.9 Å². The van der Waals surface area contributed by atoms with Crippen LogP contribution in [0.5, 0.6) is 11.5 Å². The zero-order valence-corrected chi connectivity index (χ0v) is 19.6. The molecule has 1 aromatic heterocycles. The number of benzene rings is 1. The average molecular weight is 502 g/mol.